The van der Waals surface area contributed by atoms with E-state index in [1.807, 2.05) is 37.3 Å². The molecule has 0 bridgehead atoms. The number of carbonyl (C=O) groups is 2. The highest BCUT2D eigenvalue weighted by Gasteiger charge is 2.39. The Morgan fingerprint density at radius 1 is 1.15 bits per heavy atom. The van der Waals surface area contributed by atoms with E-state index in [0.717, 1.165) is 5.56 Å². The maximum Gasteiger partial charge on any atom is 0.329 e. The van der Waals surface area contributed by atoms with Gasteiger partial charge in [0, 0.05) is 0 Å². The van der Waals surface area contributed by atoms with Crippen LogP contribution in [0.4, 0.5) is 0 Å². The van der Waals surface area contributed by atoms with Crippen LogP contribution < -0.4 is 5.32 Å². The molecule has 1 atom stereocenters. The first-order valence-corrected chi connectivity index (χ1v) is 6.85. The lowest BCUT2D eigenvalue weighted by atomic mass is 9.82. The number of hydrogen-bond donors (Lipinski definition) is 2. The van der Waals surface area contributed by atoms with Gasteiger partial charge >= 0.3 is 5.97 Å². The number of amides is 1. The number of carboxylic acid groups (broad SMARTS) is 1. The predicted octanol–water partition coefficient (Wildman–Crippen LogP) is 2.72. The standard InChI is InChI=1S/C16H23NO3/c1-5-11-16(4,14(19)20)17-13(18)15(2,3)12-9-7-6-8-10-12/h6-10H,5,11H2,1-4H3,(H,17,18)(H,19,20). The lowest BCUT2D eigenvalue weighted by Crippen LogP contribution is -2.56. The Balaban J connectivity index is 2.97. The average Bonchev–Trinajstić information content (AvgIpc) is 2.39. The minimum absolute atomic E-state index is 0.276. The summed E-state index contributed by atoms with van der Waals surface area (Å²) in [6.45, 7) is 7.05. The second-order valence-electron chi connectivity index (χ2n) is 5.83. The molecule has 1 aromatic rings. The van der Waals surface area contributed by atoms with Gasteiger partial charge in [-0.1, -0.05) is 43.7 Å². The summed E-state index contributed by atoms with van der Waals surface area (Å²) in [4.78, 5) is 23.9. The molecule has 1 rings (SSSR count). The van der Waals surface area contributed by atoms with E-state index in [1.165, 1.54) is 0 Å². The van der Waals surface area contributed by atoms with Gasteiger partial charge in [0.2, 0.25) is 5.91 Å². The van der Waals surface area contributed by atoms with Crippen molar-refractivity contribution in [3.63, 3.8) is 0 Å². The second kappa shape index (κ2) is 6.07. The molecule has 0 heterocycles. The van der Waals surface area contributed by atoms with E-state index < -0.39 is 16.9 Å². The van der Waals surface area contributed by atoms with Crippen LogP contribution in [-0.4, -0.2) is 22.5 Å². The molecule has 1 amide bonds. The third-order valence-corrected chi connectivity index (χ3v) is 3.67. The molecule has 0 saturated carbocycles. The molecular weight excluding hydrogens is 254 g/mol. The smallest absolute Gasteiger partial charge is 0.329 e. The molecule has 0 aliphatic rings. The zero-order valence-corrected chi connectivity index (χ0v) is 12.6. The molecular formula is C16H23NO3. The van der Waals surface area contributed by atoms with Gasteiger partial charge in [-0.2, -0.15) is 0 Å². The van der Waals surface area contributed by atoms with Gasteiger partial charge in [-0.25, -0.2) is 4.79 Å². The van der Waals surface area contributed by atoms with Crippen molar-refractivity contribution < 1.29 is 14.7 Å². The van der Waals surface area contributed by atoms with Crippen molar-refractivity contribution in [3.8, 4) is 0 Å². The van der Waals surface area contributed by atoms with Crippen molar-refractivity contribution >= 4 is 11.9 Å². The first-order chi connectivity index (χ1) is 9.24. The van der Waals surface area contributed by atoms with Crippen molar-refractivity contribution in [2.45, 2.75) is 51.5 Å². The van der Waals surface area contributed by atoms with Crippen molar-refractivity contribution in [1.29, 1.82) is 0 Å². The zero-order valence-electron chi connectivity index (χ0n) is 12.6. The van der Waals surface area contributed by atoms with Gasteiger partial charge in [-0.3, -0.25) is 4.79 Å². The third kappa shape index (κ3) is 3.38. The van der Waals surface area contributed by atoms with Crippen LogP contribution in [0.15, 0.2) is 30.3 Å². The molecule has 110 valence electrons. The van der Waals surface area contributed by atoms with Crippen LogP contribution in [0.1, 0.15) is 46.1 Å². The molecule has 1 aromatic carbocycles. The normalized spacial score (nSPS) is 14.4. The highest BCUT2D eigenvalue weighted by atomic mass is 16.4. The minimum Gasteiger partial charge on any atom is -0.480 e. The number of aliphatic carboxylic acids is 1. The van der Waals surface area contributed by atoms with Crippen molar-refractivity contribution in [3.05, 3.63) is 35.9 Å². The van der Waals surface area contributed by atoms with Gasteiger partial charge in [0.05, 0.1) is 5.41 Å². The lowest BCUT2D eigenvalue weighted by Gasteiger charge is -2.32. The average molecular weight is 277 g/mol. The van der Waals surface area contributed by atoms with Crippen molar-refractivity contribution in [1.82, 2.24) is 5.32 Å². The minimum atomic E-state index is -1.22. The summed E-state index contributed by atoms with van der Waals surface area (Å²) in [5, 5.41) is 12.0. The highest BCUT2D eigenvalue weighted by Crippen LogP contribution is 2.25. The Morgan fingerprint density at radius 2 is 1.70 bits per heavy atom. The Labute approximate surface area is 120 Å². The summed E-state index contributed by atoms with van der Waals surface area (Å²) < 4.78 is 0. The van der Waals surface area contributed by atoms with E-state index in [-0.39, 0.29) is 5.91 Å². The van der Waals surface area contributed by atoms with Gasteiger partial charge in [0.25, 0.3) is 0 Å². The molecule has 2 N–H and O–H groups in total. The van der Waals surface area contributed by atoms with Crippen LogP contribution in [0.5, 0.6) is 0 Å². The van der Waals surface area contributed by atoms with E-state index in [9.17, 15) is 14.7 Å². The molecule has 0 spiro atoms. The second-order valence-corrected chi connectivity index (χ2v) is 5.83. The van der Waals surface area contributed by atoms with E-state index in [2.05, 4.69) is 5.32 Å². The summed E-state index contributed by atoms with van der Waals surface area (Å²) in [5.41, 5.74) is -1.13. The van der Waals surface area contributed by atoms with E-state index in [4.69, 9.17) is 0 Å². The number of hydrogen-bond acceptors (Lipinski definition) is 2. The SMILES string of the molecule is CCCC(C)(NC(=O)C(C)(C)c1ccccc1)C(=O)O. The number of benzene rings is 1. The summed E-state index contributed by atoms with van der Waals surface area (Å²) in [7, 11) is 0. The first-order valence-electron chi connectivity index (χ1n) is 6.85. The molecule has 4 nitrogen and oxygen atoms in total. The number of nitrogens with one attached hydrogen (secondary N) is 1. The lowest BCUT2D eigenvalue weighted by molar-refractivity contribution is -0.148. The number of rotatable bonds is 6. The topological polar surface area (TPSA) is 66.4 Å². The van der Waals surface area contributed by atoms with E-state index >= 15 is 0 Å². The molecule has 20 heavy (non-hydrogen) atoms. The summed E-state index contributed by atoms with van der Waals surface area (Å²) in [5.74, 6) is -1.28. The summed E-state index contributed by atoms with van der Waals surface area (Å²) >= 11 is 0. The maximum absolute atomic E-state index is 12.5. The van der Waals surface area contributed by atoms with Crippen molar-refractivity contribution in [2.75, 3.05) is 0 Å². The third-order valence-electron chi connectivity index (χ3n) is 3.67. The van der Waals surface area contributed by atoms with Gasteiger partial charge < -0.3 is 10.4 Å². The van der Waals surface area contributed by atoms with Crippen LogP contribution in [0.25, 0.3) is 0 Å². The Hall–Kier alpha value is -1.84. The molecule has 4 heteroatoms. The predicted molar refractivity (Wildman–Crippen MR) is 78.6 cm³/mol. The van der Waals surface area contributed by atoms with Gasteiger partial charge in [-0.05, 0) is 32.8 Å². The van der Waals surface area contributed by atoms with Gasteiger partial charge in [0.15, 0.2) is 0 Å². The van der Waals surface area contributed by atoms with Crippen LogP contribution in [0.3, 0.4) is 0 Å². The van der Waals surface area contributed by atoms with Gasteiger partial charge in [-0.15, -0.1) is 0 Å². The largest absolute Gasteiger partial charge is 0.480 e. The van der Waals surface area contributed by atoms with Crippen molar-refractivity contribution in [2.24, 2.45) is 0 Å². The molecule has 0 fully saturated rings. The fourth-order valence-electron chi connectivity index (χ4n) is 2.12. The highest BCUT2D eigenvalue weighted by molar-refractivity contribution is 5.92. The quantitative estimate of drug-likeness (QED) is 0.840. The van der Waals surface area contributed by atoms with Crippen LogP contribution in [0, 0.1) is 0 Å². The van der Waals surface area contributed by atoms with Crippen LogP contribution >= 0.6 is 0 Å². The van der Waals surface area contributed by atoms with Gasteiger partial charge in [0.1, 0.15) is 5.54 Å². The Morgan fingerprint density at radius 3 is 2.15 bits per heavy atom. The maximum atomic E-state index is 12.5. The first kappa shape index (κ1) is 16.2. The van der Waals surface area contributed by atoms with E-state index in [1.54, 1.807) is 20.8 Å². The monoisotopic (exact) mass is 277 g/mol. The van der Waals surface area contributed by atoms with Crippen LogP contribution in [-0.2, 0) is 15.0 Å². The Bertz CT molecular complexity index is 482. The van der Waals surface area contributed by atoms with Crippen LogP contribution in [0.2, 0.25) is 0 Å². The fourth-order valence-corrected chi connectivity index (χ4v) is 2.12. The number of carbonyl (C=O) groups excluding carboxylic acids is 1. The molecule has 0 aliphatic heterocycles. The fraction of sp³-hybridized carbons (Fsp3) is 0.500. The summed E-state index contributed by atoms with van der Waals surface area (Å²) in [6.07, 6.45) is 1.09. The van der Waals surface area contributed by atoms with E-state index in [0.29, 0.717) is 12.8 Å². The molecule has 1 unspecified atom stereocenters. The Kier molecular flexibility index (Phi) is 4.93. The molecule has 0 aromatic heterocycles. The zero-order chi connectivity index (χ0) is 15.4. The molecule has 0 radical (unpaired) electrons. The summed E-state index contributed by atoms with van der Waals surface area (Å²) in [6, 6.07) is 9.37. The number of carboxylic acids is 1. The molecule has 0 saturated heterocycles. The molecule has 0 aliphatic carbocycles.